The van der Waals surface area contributed by atoms with Crippen molar-refractivity contribution in [2.24, 2.45) is 34.5 Å². The number of ether oxygens (including phenoxy) is 1. The first kappa shape index (κ1) is 24.9. The van der Waals surface area contributed by atoms with Gasteiger partial charge in [-0.2, -0.15) is 0 Å². The Labute approximate surface area is 172 Å². The zero-order valence-corrected chi connectivity index (χ0v) is 19.1. The van der Waals surface area contributed by atoms with Crippen LogP contribution >= 0.6 is 0 Å². The van der Waals surface area contributed by atoms with Crippen molar-refractivity contribution in [1.82, 2.24) is 0 Å². The van der Waals surface area contributed by atoms with Crippen LogP contribution in [0.2, 0.25) is 0 Å². The van der Waals surface area contributed by atoms with Crippen molar-refractivity contribution in [1.29, 1.82) is 0 Å². The number of Topliss-reactive ketones (excluding diaryl/α,β-unsaturated/α-hetero) is 1. The maximum absolute atomic E-state index is 13.1. The average Bonchev–Trinajstić information content (AvgIpc) is 2.69. The first-order chi connectivity index (χ1) is 13.1. The van der Waals surface area contributed by atoms with Crippen LogP contribution in [0.25, 0.3) is 0 Å². The predicted molar refractivity (Wildman–Crippen MR) is 114 cm³/mol. The molecule has 4 nitrogen and oxygen atoms in total. The Kier molecular flexibility index (Phi) is 8.92. The Morgan fingerprint density at radius 2 is 1.79 bits per heavy atom. The molecule has 0 aromatic heterocycles. The van der Waals surface area contributed by atoms with E-state index in [0.29, 0.717) is 24.7 Å². The monoisotopic (exact) mass is 394 g/mol. The fourth-order valence-corrected chi connectivity index (χ4v) is 5.77. The minimum atomic E-state index is -0.627. The van der Waals surface area contributed by atoms with Gasteiger partial charge in [0.1, 0.15) is 18.5 Å². The maximum Gasteiger partial charge on any atom is 0.332 e. The second kappa shape index (κ2) is 10.0. The van der Waals surface area contributed by atoms with E-state index in [4.69, 9.17) is 4.74 Å². The molecule has 28 heavy (non-hydrogen) atoms. The number of hydrogen-bond acceptors (Lipinski definition) is 4. The Morgan fingerprint density at radius 3 is 2.29 bits per heavy atom. The van der Waals surface area contributed by atoms with E-state index < -0.39 is 24.1 Å². The molecule has 0 radical (unpaired) electrons. The Bertz CT molecular complexity index is 557. The van der Waals surface area contributed by atoms with Crippen molar-refractivity contribution < 1.29 is 19.4 Å². The van der Waals surface area contributed by atoms with Crippen molar-refractivity contribution in [3.8, 4) is 0 Å². The molecule has 2 fully saturated rings. The summed E-state index contributed by atoms with van der Waals surface area (Å²) in [5.41, 5.74) is -0.573. The fraction of sp³-hybridized carbons (Fsp3) is 0.833. The lowest BCUT2D eigenvalue weighted by molar-refractivity contribution is -0.185. The number of carbonyl (C=O) groups excluding carboxylic acids is 2. The predicted octanol–water partition coefficient (Wildman–Crippen LogP) is 5.19. The van der Waals surface area contributed by atoms with E-state index in [1.165, 1.54) is 0 Å². The standard InChI is InChI=1S/C22H36O4.C2H6/c1-7-17(24)20-16-10-9-15(4)22(20,6)18(26-19(25)13-23)12-21(5,8-2)11-14(16)3;1-2/h8,14-16,18,20,23H,2,7,9-13H2,1,3-6H3;1-2H3/t14?,15?,16?,18?,20?,21-,22+;/m1./s1. The van der Waals surface area contributed by atoms with Crippen molar-refractivity contribution in [2.45, 2.75) is 86.7 Å². The molecule has 2 saturated carbocycles. The van der Waals surface area contributed by atoms with Gasteiger partial charge in [0.2, 0.25) is 0 Å². The third-order valence-electron chi connectivity index (χ3n) is 7.55. The first-order valence-corrected chi connectivity index (χ1v) is 11.1. The summed E-state index contributed by atoms with van der Waals surface area (Å²) in [4.78, 5) is 25.1. The number of aliphatic hydroxyl groups is 1. The molecule has 7 atom stereocenters. The highest BCUT2D eigenvalue weighted by molar-refractivity contribution is 5.82. The number of aliphatic hydroxyl groups excluding tert-OH is 1. The fourth-order valence-electron chi connectivity index (χ4n) is 5.77. The number of allylic oxidation sites excluding steroid dienone is 1. The van der Waals surface area contributed by atoms with Crippen molar-refractivity contribution in [3.63, 3.8) is 0 Å². The van der Waals surface area contributed by atoms with Crippen LogP contribution in [-0.4, -0.2) is 29.6 Å². The van der Waals surface area contributed by atoms with Crippen LogP contribution in [0.15, 0.2) is 12.7 Å². The number of carbonyl (C=O) groups is 2. The van der Waals surface area contributed by atoms with Gasteiger partial charge >= 0.3 is 5.97 Å². The minimum Gasteiger partial charge on any atom is -0.460 e. The van der Waals surface area contributed by atoms with Gasteiger partial charge in [0, 0.05) is 17.8 Å². The Balaban J connectivity index is 0.00000190. The van der Waals surface area contributed by atoms with Gasteiger partial charge in [-0.15, -0.1) is 6.58 Å². The molecule has 162 valence electrons. The minimum absolute atomic E-state index is 0.0999. The zero-order chi connectivity index (χ0) is 21.7. The van der Waals surface area contributed by atoms with Crippen molar-refractivity contribution in [3.05, 3.63) is 12.7 Å². The lowest BCUT2D eigenvalue weighted by Crippen LogP contribution is -2.58. The van der Waals surface area contributed by atoms with Gasteiger partial charge in [0.25, 0.3) is 0 Å². The summed E-state index contributed by atoms with van der Waals surface area (Å²) in [6.07, 6.45) is 5.76. The van der Waals surface area contributed by atoms with Gasteiger partial charge in [0.05, 0.1) is 0 Å². The summed E-state index contributed by atoms with van der Waals surface area (Å²) in [6, 6.07) is 0. The second-order valence-electron chi connectivity index (χ2n) is 9.19. The molecule has 0 amide bonds. The van der Waals surface area contributed by atoms with Crippen LogP contribution < -0.4 is 0 Å². The van der Waals surface area contributed by atoms with Crippen LogP contribution in [0.4, 0.5) is 0 Å². The summed E-state index contributed by atoms with van der Waals surface area (Å²) >= 11 is 0. The summed E-state index contributed by atoms with van der Waals surface area (Å²) < 4.78 is 5.80. The zero-order valence-electron chi connectivity index (χ0n) is 19.1. The largest absolute Gasteiger partial charge is 0.460 e. The van der Waals surface area contributed by atoms with E-state index in [1.807, 2.05) is 26.8 Å². The molecule has 2 aliphatic rings. The van der Waals surface area contributed by atoms with Gasteiger partial charge in [-0.3, -0.25) is 4.79 Å². The molecule has 0 aromatic carbocycles. The number of rotatable bonds is 5. The maximum atomic E-state index is 13.1. The SMILES string of the molecule is C=C[C@]1(C)CC(C)C2CCC(C)[C@@](C)(C(OC(=O)CO)C1)C2C(=O)CC.CC. The summed E-state index contributed by atoms with van der Waals surface area (Å²) in [6.45, 7) is 18.1. The molecule has 4 heteroatoms. The molecule has 0 aromatic rings. The molecule has 2 bridgehead atoms. The van der Waals surface area contributed by atoms with Crippen molar-refractivity contribution in [2.75, 3.05) is 6.61 Å². The molecule has 2 rings (SSSR count). The van der Waals surface area contributed by atoms with Crippen LogP contribution in [0.1, 0.15) is 80.6 Å². The Morgan fingerprint density at radius 1 is 1.18 bits per heavy atom. The van der Waals surface area contributed by atoms with Crippen LogP contribution in [0, 0.1) is 34.5 Å². The highest BCUT2D eigenvalue weighted by Gasteiger charge is 2.58. The van der Waals surface area contributed by atoms with Gasteiger partial charge in [0.15, 0.2) is 0 Å². The first-order valence-electron chi connectivity index (χ1n) is 11.1. The van der Waals surface area contributed by atoms with Gasteiger partial charge < -0.3 is 9.84 Å². The van der Waals surface area contributed by atoms with E-state index in [0.717, 1.165) is 19.3 Å². The average molecular weight is 395 g/mol. The molecular weight excluding hydrogens is 352 g/mol. The van der Waals surface area contributed by atoms with Crippen LogP contribution in [0.5, 0.6) is 0 Å². The molecular formula is C24H42O4. The second-order valence-corrected chi connectivity index (χ2v) is 9.19. The summed E-state index contributed by atoms with van der Waals surface area (Å²) in [7, 11) is 0. The molecule has 2 aliphatic carbocycles. The van der Waals surface area contributed by atoms with E-state index in [2.05, 4.69) is 34.3 Å². The smallest absolute Gasteiger partial charge is 0.332 e. The molecule has 5 unspecified atom stereocenters. The highest BCUT2D eigenvalue weighted by atomic mass is 16.6. The number of esters is 1. The molecule has 0 spiro atoms. The highest BCUT2D eigenvalue weighted by Crippen LogP contribution is 2.58. The van der Waals surface area contributed by atoms with E-state index >= 15 is 0 Å². The van der Waals surface area contributed by atoms with Gasteiger partial charge in [-0.05, 0) is 48.9 Å². The van der Waals surface area contributed by atoms with E-state index in [-0.39, 0.29) is 23.0 Å². The van der Waals surface area contributed by atoms with Crippen LogP contribution in [-0.2, 0) is 14.3 Å². The van der Waals surface area contributed by atoms with Gasteiger partial charge in [-0.1, -0.05) is 54.5 Å². The number of hydrogen-bond donors (Lipinski definition) is 1. The molecule has 1 N–H and O–H groups in total. The summed E-state index contributed by atoms with van der Waals surface area (Å²) in [5.74, 6) is 0.571. The molecule has 0 heterocycles. The quantitative estimate of drug-likeness (QED) is 0.515. The number of fused-ring (bicyclic) bond motifs is 2. The topological polar surface area (TPSA) is 63.6 Å². The third kappa shape index (κ3) is 4.69. The van der Waals surface area contributed by atoms with Gasteiger partial charge in [-0.25, -0.2) is 4.79 Å². The lowest BCUT2D eigenvalue weighted by Gasteiger charge is -2.57. The van der Waals surface area contributed by atoms with E-state index in [1.54, 1.807) is 0 Å². The molecule has 0 saturated heterocycles. The lowest BCUT2D eigenvalue weighted by atomic mass is 9.48. The van der Waals surface area contributed by atoms with E-state index in [9.17, 15) is 14.7 Å². The molecule has 0 aliphatic heterocycles. The Hall–Kier alpha value is -1.16. The number of ketones is 1. The summed E-state index contributed by atoms with van der Waals surface area (Å²) in [5, 5.41) is 9.26. The van der Waals surface area contributed by atoms with Crippen molar-refractivity contribution >= 4 is 11.8 Å². The van der Waals surface area contributed by atoms with Crippen LogP contribution in [0.3, 0.4) is 0 Å². The third-order valence-corrected chi connectivity index (χ3v) is 7.55. The normalized spacial score (nSPS) is 40.2.